The Bertz CT molecular complexity index is 466. The Morgan fingerprint density at radius 2 is 2.53 bits per heavy atom. The normalized spacial score (nSPS) is 26.2. The van der Waals surface area contributed by atoms with E-state index >= 15 is 0 Å². The van der Waals surface area contributed by atoms with Gasteiger partial charge in [0.1, 0.15) is 11.4 Å². The molecule has 6 nitrogen and oxygen atoms in total. The van der Waals surface area contributed by atoms with Gasteiger partial charge in [-0.1, -0.05) is 0 Å². The van der Waals surface area contributed by atoms with Crippen LogP contribution in [0.4, 0.5) is 0 Å². The van der Waals surface area contributed by atoms with E-state index in [4.69, 9.17) is 9.47 Å². The van der Waals surface area contributed by atoms with E-state index in [1.165, 1.54) is 19.5 Å². The summed E-state index contributed by atoms with van der Waals surface area (Å²) >= 11 is 0. The molecule has 2 unspecified atom stereocenters. The van der Waals surface area contributed by atoms with Gasteiger partial charge in [0.15, 0.2) is 0 Å². The predicted octanol–water partition coefficient (Wildman–Crippen LogP) is 0.360. The Morgan fingerprint density at radius 1 is 1.74 bits per heavy atom. The van der Waals surface area contributed by atoms with E-state index in [1.807, 2.05) is 0 Å². The van der Waals surface area contributed by atoms with Crippen molar-refractivity contribution in [1.82, 2.24) is 10.3 Å². The average molecular weight is 266 g/mol. The van der Waals surface area contributed by atoms with E-state index in [0.717, 1.165) is 0 Å². The number of ether oxygens (including phenoxy) is 2. The molecule has 1 fully saturated rings. The standard InChI is InChI=1S/C13H18N2O4/c1-9-13(17,4-6-19-9)8-15-12(16)10-3-5-14-7-11(10)18-2/h3,5,7,9,17H,4,6,8H2,1-2H3,(H,15,16). The number of aromatic nitrogens is 1. The highest BCUT2D eigenvalue weighted by molar-refractivity contribution is 5.96. The summed E-state index contributed by atoms with van der Waals surface area (Å²) in [4.78, 5) is 15.9. The number of amides is 1. The van der Waals surface area contributed by atoms with Crippen LogP contribution in [0.5, 0.6) is 5.75 Å². The van der Waals surface area contributed by atoms with Crippen LogP contribution in [0.25, 0.3) is 0 Å². The number of carbonyl (C=O) groups excluding carboxylic acids is 1. The lowest BCUT2D eigenvalue weighted by atomic mass is 9.96. The first-order chi connectivity index (χ1) is 9.07. The summed E-state index contributed by atoms with van der Waals surface area (Å²) in [5.74, 6) is 0.106. The van der Waals surface area contributed by atoms with Crippen molar-refractivity contribution in [3.63, 3.8) is 0 Å². The molecule has 2 atom stereocenters. The van der Waals surface area contributed by atoms with Crippen molar-refractivity contribution < 1.29 is 19.4 Å². The number of rotatable bonds is 4. The first-order valence-electron chi connectivity index (χ1n) is 6.17. The molecule has 0 aliphatic carbocycles. The molecule has 1 aromatic rings. The second kappa shape index (κ2) is 5.54. The highest BCUT2D eigenvalue weighted by Gasteiger charge is 2.39. The van der Waals surface area contributed by atoms with Gasteiger partial charge in [-0.2, -0.15) is 0 Å². The first kappa shape index (κ1) is 13.8. The molecule has 0 saturated carbocycles. The Hall–Kier alpha value is -1.66. The minimum Gasteiger partial charge on any atom is -0.494 e. The summed E-state index contributed by atoms with van der Waals surface area (Å²) in [6.07, 6.45) is 3.23. The number of methoxy groups -OCH3 is 1. The molecule has 2 rings (SSSR count). The molecular formula is C13H18N2O4. The average Bonchev–Trinajstić information content (AvgIpc) is 2.76. The Balaban J connectivity index is 2.02. The zero-order valence-corrected chi connectivity index (χ0v) is 11.0. The van der Waals surface area contributed by atoms with Gasteiger partial charge in [-0.15, -0.1) is 0 Å². The fourth-order valence-corrected chi connectivity index (χ4v) is 2.06. The van der Waals surface area contributed by atoms with Gasteiger partial charge >= 0.3 is 0 Å². The van der Waals surface area contributed by atoms with E-state index in [2.05, 4.69) is 10.3 Å². The second-order valence-corrected chi connectivity index (χ2v) is 4.63. The number of nitrogens with one attached hydrogen (secondary N) is 1. The summed E-state index contributed by atoms with van der Waals surface area (Å²) in [5, 5.41) is 13.0. The largest absolute Gasteiger partial charge is 0.494 e. The summed E-state index contributed by atoms with van der Waals surface area (Å²) < 4.78 is 10.4. The smallest absolute Gasteiger partial charge is 0.255 e. The highest BCUT2D eigenvalue weighted by Crippen LogP contribution is 2.25. The fraction of sp³-hybridized carbons (Fsp3) is 0.538. The van der Waals surface area contributed by atoms with Gasteiger partial charge in [0.2, 0.25) is 0 Å². The van der Waals surface area contributed by atoms with Gasteiger partial charge < -0.3 is 19.9 Å². The molecule has 6 heteroatoms. The zero-order chi connectivity index (χ0) is 13.9. The molecule has 1 aliphatic rings. The van der Waals surface area contributed by atoms with Crippen LogP contribution in [0.15, 0.2) is 18.5 Å². The second-order valence-electron chi connectivity index (χ2n) is 4.63. The van der Waals surface area contributed by atoms with Crippen molar-refractivity contribution in [2.45, 2.75) is 25.0 Å². The van der Waals surface area contributed by atoms with Crippen molar-refractivity contribution in [2.24, 2.45) is 0 Å². The summed E-state index contributed by atoms with van der Waals surface area (Å²) in [7, 11) is 1.48. The lowest BCUT2D eigenvalue weighted by Gasteiger charge is -2.26. The van der Waals surface area contributed by atoms with Gasteiger partial charge in [-0.3, -0.25) is 9.78 Å². The number of hydrogen-bond acceptors (Lipinski definition) is 5. The minimum atomic E-state index is -1.00. The van der Waals surface area contributed by atoms with Gasteiger partial charge in [-0.05, 0) is 13.0 Å². The number of aliphatic hydroxyl groups is 1. The van der Waals surface area contributed by atoms with Crippen molar-refractivity contribution in [3.05, 3.63) is 24.0 Å². The molecule has 19 heavy (non-hydrogen) atoms. The Kier molecular flexibility index (Phi) is 4.01. The van der Waals surface area contributed by atoms with E-state index in [1.54, 1.807) is 13.0 Å². The summed E-state index contributed by atoms with van der Waals surface area (Å²) in [5.41, 5.74) is -0.608. The minimum absolute atomic E-state index is 0.151. The van der Waals surface area contributed by atoms with Gasteiger partial charge in [-0.25, -0.2) is 0 Å². The number of pyridine rings is 1. The quantitative estimate of drug-likeness (QED) is 0.822. The lowest BCUT2D eigenvalue weighted by molar-refractivity contribution is -0.0251. The van der Waals surface area contributed by atoms with Crippen LogP contribution in [0.1, 0.15) is 23.7 Å². The molecule has 0 radical (unpaired) electrons. The first-order valence-corrected chi connectivity index (χ1v) is 6.17. The number of carbonyl (C=O) groups is 1. The van der Waals surface area contributed by atoms with E-state index in [9.17, 15) is 9.90 Å². The van der Waals surface area contributed by atoms with Crippen molar-refractivity contribution in [3.8, 4) is 5.75 Å². The zero-order valence-electron chi connectivity index (χ0n) is 11.0. The van der Waals surface area contributed by atoms with Gasteiger partial charge in [0, 0.05) is 25.8 Å². The fourth-order valence-electron chi connectivity index (χ4n) is 2.06. The van der Waals surface area contributed by atoms with Crippen molar-refractivity contribution >= 4 is 5.91 Å². The van der Waals surface area contributed by atoms with Gasteiger partial charge in [0.05, 0.1) is 25.0 Å². The third-order valence-electron chi connectivity index (χ3n) is 3.46. The molecule has 2 heterocycles. The van der Waals surface area contributed by atoms with E-state index in [0.29, 0.717) is 24.3 Å². The molecule has 0 aromatic carbocycles. The molecule has 1 amide bonds. The highest BCUT2D eigenvalue weighted by atomic mass is 16.5. The molecule has 0 spiro atoms. The van der Waals surface area contributed by atoms with Crippen LogP contribution >= 0.6 is 0 Å². The Morgan fingerprint density at radius 3 is 3.16 bits per heavy atom. The maximum atomic E-state index is 12.1. The number of nitrogens with zero attached hydrogens (tertiary/aromatic N) is 1. The maximum Gasteiger partial charge on any atom is 0.255 e. The third kappa shape index (κ3) is 2.85. The van der Waals surface area contributed by atoms with Crippen molar-refractivity contribution in [1.29, 1.82) is 0 Å². The number of hydrogen-bond donors (Lipinski definition) is 2. The van der Waals surface area contributed by atoms with Crippen LogP contribution in [-0.2, 0) is 4.74 Å². The Labute approximate surface area is 111 Å². The predicted molar refractivity (Wildman–Crippen MR) is 68.1 cm³/mol. The monoisotopic (exact) mass is 266 g/mol. The van der Waals surface area contributed by atoms with Crippen LogP contribution in [0.3, 0.4) is 0 Å². The van der Waals surface area contributed by atoms with Crippen molar-refractivity contribution in [2.75, 3.05) is 20.3 Å². The molecule has 104 valence electrons. The third-order valence-corrected chi connectivity index (χ3v) is 3.46. The molecule has 1 aliphatic heterocycles. The molecular weight excluding hydrogens is 248 g/mol. The maximum absolute atomic E-state index is 12.1. The molecule has 1 aromatic heterocycles. The molecule has 0 bridgehead atoms. The van der Waals surface area contributed by atoms with E-state index < -0.39 is 5.60 Å². The van der Waals surface area contributed by atoms with Crippen LogP contribution in [0.2, 0.25) is 0 Å². The van der Waals surface area contributed by atoms with E-state index in [-0.39, 0.29) is 18.6 Å². The topological polar surface area (TPSA) is 80.7 Å². The van der Waals surface area contributed by atoms with Gasteiger partial charge in [0.25, 0.3) is 5.91 Å². The molecule has 2 N–H and O–H groups in total. The van der Waals surface area contributed by atoms with Crippen LogP contribution in [-0.4, -0.2) is 48.0 Å². The van der Waals surface area contributed by atoms with Crippen LogP contribution < -0.4 is 10.1 Å². The lowest BCUT2D eigenvalue weighted by Crippen LogP contribution is -2.47. The SMILES string of the molecule is COc1cnccc1C(=O)NCC1(O)CCOC1C. The summed E-state index contributed by atoms with van der Waals surface area (Å²) in [6, 6.07) is 1.58. The molecule has 1 saturated heterocycles. The summed E-state index contributed by atoms with van der Waals surface area (Å²) in [6.45, 7) is 2.46. The van der Waals surface area contributed by atoms with Crippen LogP contribution in [0, 0.1) is 0 Å².